The second-order valence-corrected chi connectivity index (χ2v) is 6.16. The minimum atomic E-state index is 0.177. The van der Waals surface area contributed by atoms with E-state index in [1.807, 2.05) is 4.90 Å². The zero-order valence-electron chi connectivity index (χ0n) is 11.2. The lowest BCUT2D eigenvalue weighted by molar-refractivity contribution is 0.187. The number of fused-ring (bicyclic) bond motifs is 2. The van der Waals surface area contributed by atoms with Crippen molar-refractivity contribution in [3.05, 3.63) is 0 Å². The highest BCUT2D eigenvalue weighted by Crippen LogP contribution is 2.21. The number of carbonyl (C=O) groups excluding carboxylic acids is 1. The number of carbonyl (C=O) groups is 1. The molecule has 1 aliphatic carbocycles. The molecule has 2 aliphatic heterocycles. The van der Waals surface area contributed by atoms with Gasteiger partial charge in [-0.15, -0.1) is 0 Å². The van der Waals surface area contributed by atoms with Gasteiger partial charge in [0.1, 0.15) is 0 Å². The first-order valence-electron chi connectivity index (χ1n) is 7.63. The van der Waals surface area contributed by atoms with Crippen LogP contribution in [0.5, 0.6) is 0 Å². The van der Waals surface area contributed by atoms with E-state index in [0.717, 1.165) is 19.5 Å². The van der Waals surface area contributed by atoms with E-state index >= 15 is 0 Å². The molecule has 0 spiro atoms. The Morgan fingerprint density at radius 3 is 2.61 bits per heavy atom. The van der Waals surface area contributed by atoms with E-state index < -0.39 is 0 Å². The van der Waals surface area contributed by atoms with Crippen molar-refractivity contribution in [2.24, 2.45) is 0 Å². The summed E-state index contributed by atoms with van der Waals surface area (Å²) in [6.07, 6.45) is 9.88. The first-order valence-corrected chi connectivity index (χ1v) is 7.63. The number of likely N-dealkylation sites (tertiary alicyclic amines) is 1. The van der Waals surface area contributed by atoms with Gasteiger partial charge in [0, 0.05) is 31.2 Å². The number of rotatable bonds is 1. The van der Waals surface area contributed by atoms with Crippen LogP contribution >= 0.6 is 0 Å². The largest absolute Gasteiger partial charge is 0.335 e. The Kier molecular flexibility index (Phi) is 3.73. The van der Waals surface area contributed by atoms with E-state index in [2.05, 4.69) is 10.6 Å². The van der Waals surface area contributed by atoms with Crippen LogP contribution in [0.4, 0.5) is 4.79 Å². The highest BCUT2D eigenvalue weighted by Gasteiger charge is 2.31. The van der Waals surface area contributed by atoms with Gasteiger partial charge in [-0.25, -0.2) is 4.79 Å². The summed E-state index contributed by atoms with van der Waals surface area (Å²) in [5.41, 5.74) is 0. The normalized spacial score (nSPS) is 33.2. The van der Waals surface area contributed by atoms with Crippen molar-refractivity contribution in [1.82, 2.24) is 15.5 Å². The van der Waals surface area contributed by atoms with Gasteiger partial charge in [0.2, 0.25) is 0 Å². The molecule has 4 heteroatoms. The van der Waals surface area contributed by atoms with Gasteiger partial charge in [-0.2, -0.15) is 0 Å². The fourth-order valence-electron chi connectivity index (χ4n) is 3.64. The maximum absolute atomic E-state index is 12.3. The molecule has 0 aromatic carbocycles. The fraction of sp³-hybridized carbons (Fsp3) is 0.929. The second kappa shape index (κ2) is 5.47. The van der Waals surface area contributed by atoms with Gasteiger partial charge in [0.15, 0.2) is 0 Å². The molecule has 2 heterocycles. The van der Waals surface area contributed by atoms with E-state index in [4.69, 9.17) is 0 Å². The molecule has 2 N–H and O–H groups in total. The van der Waals surface area contributed by atoms with Crippen LogP contribution in [0.2, 0.25) is 0 Å². The number of hydrogen-bond donors (Lipinski definition) is 2. The maximum atomic E-state index is 12.3. The highest BCUT2D eigenvalue weighted by atomic mass is 16.2. The van der Waals surface area contributed by atoms with Gasteiger partial charge in [-0.05, 0) is 32.1 Å². The van der Waals surface area contributed by atoms with Crippen LogP contribution in [0.3, 0.4) is 0 Å². The lowest BCUT2D eigenvalue weighted by atomic mass is 9.96. The molecule has 102 valence electrons. The van der Waals surface area contributed by atoms with Crippen LogP contribution in [0.25, 0.3) is 0 Å². The van der Waals surface area contributed by atoms with Gasteiger partial charge < -0.3 is 15.5 Å². The molecule has 1 saturated carbocycles. The number of nitrogens with one attached hydrogen (secondary N) is 2. The zero-order valence-corrected chi connectivity index (χ0v) is 11.2. The summed E-state index contributed by atoms with van der Waals surface area (Å²) in [6.45, 7) is 1.82. The van der Waals surface area contributed by atoms with E-state index in [1.54, 1.807) is 0 Å². The maximum Gasteiger partial charge on any atom is 0.317 e. The SMILES string of the molecule is O=C(NC1CCCCC1)N1CCC2CCC(C1)N2. The lowest BCUT2D eigenvalue weighted by Crippen LogP contribution is -2.48. The molecule has 2 amide bonds. The number of urea groups is 1. The van der Waals surface area contributed by atoms with Gasteiger partial charge in [-0.1, -0.05) is 19.3 Å². The molecule has 18 heavy (non-hydrogen) atoms. The topological polar surface area (TPSA) is 44.4 Å². The Balaban J connectivity index is 1.52. The van der Waals surface area contributed by atoms with E-state index in [1.165, 1.54) is 44.9 Å². The number of hydrogen-bond acceptors (Lipinski definition) is 2. The van der Waals surface area contributed by atoms with E-state index in [9.17, 15) is 4.79 Å². The molecule has 0 aromatic rings. The quantitative estimate of drug-likeness (QED) is 0.747. The van der Waals surface area contributed by atoms with Crippen molar-refractivity contribution in [2.45, 2.75) is 69.5 Å². The molecule has 3 rings (SSSR count). The first kappa shape index (κ1) is 12.3. The lowest BCUT2D eigenvalue weighted by Gasteiger charge is -2.29. The predicted molar refractivity (Wildman–Crippen MR) is 71.5 cm³/mol. The summed E-state index contributed by atoms with van der Waals surface area (Å²) >= 11 is 0. The van der Waals surface area contributed by atoms with Crippen molar-refractivity contribution in [3.63, 3.8) is 0 Å². The summed E-state index contributed by atoms with van der Waals surface area (Å²) < 4.78 is 0. The second-order valence-electron chi connectivity index (χ2n) is 6.16. The van der Waals surface area contributed by atoms with Crippen LogP contribution < -0.4 is 10.6 Å². The number of amides is 2. The molecule has 0 radical (unpaired) electrons. The Bertz CT molecular complexity index is 301. The molecule has 3 fully saturated rings. The van der Waals surface area contributed by atoms with Gasteiger partial charge >= 0.3 is 6.03 Å². The standard InChI is InChI=1S/C14H25N3O/c18-14(16-11-4-2-1-3-5-11)17-9-8-12-6-7-13(10-17)15-12/h11-13,15H,1-10H2,(H,16,18). The van der Waals surface area contributed by atoms with Crippen molar-refractivity contribution in [1.29, 1.82) is 0 Å². The Morgan fingerprint density at radius 1 is 1.00 bits per heavy atom. The van der Waals surface area contributed by atoms with E-state index in [0.29, 0.717) is 18.1 Å². The summed E-state index contributed by atoms with van der Waals surface area (Å²) in [5, 5.41) is 6.85. The first-order chi connectivity index (χ1) is 8.81. The van der Waals surface area contributed by atoms with Gasteiger partial charge in [0.05, 0.1) is 0 Å². The number of nitrogens with zero attached hydrogens (tertiary/aromatic N) is 1. The summed E-state index contributed by atoms with van der Waals surface area (Å²) in [6, 6.07) is 1.80. The predicted octanol–water partition coefficient (Wildman–Crippen LogP) is 1.85. The molecule has 2 saturated heterocycles. The third-order valence-corrected chi connectivity index (χ3v) is 4.74. The summed E-state index contributed by atoms with van der Waals surface area (Å²) in [7, 11) is 0. The van der Waals surface area contributed by atoms with Gasteiger partial charge in [-0.3, -0.25) is 0 Å². The molecular formula is C14H25N3O. The van der Waals surface area contributed by atoms with Crippen molar-refractivity contribution in [3.8, 4) is 0 Å². The van der Waals surface area contributed by atoms with Crippen LogP contribution in [0.15, 0.2) is 0 Å². The molecule has 2 atom stereocenters. The molecule has 3 aliphatic rings. The third kappa shape index (κ3) is 2.79. The highest BCUT2D eigenvalue weighted by molar-refractivity contribution is 5.74. The van der Waals surface area contributed by atoms with Crippen molar-refractivity contribution >= 4 is 6.03 Å². The molecule has 0 aromatic heterocycles. The van der Waals surface area contributed by atoms with E-state index in [-0.39, 0.29) is 6.03 Å². The van der Waals surface area contributed by atoms with Crippen LogP contribution in [0.1, 0.15) is 51.4 Å². The average Bonchev–Trinajstić information content (AvgIpc) is 2.70. The Morgan fingerprint density at radius 2 is 1.78 bits per heavy atom. The van der Waals surface area contributed by atoms with Crippen molar-refractivity contribution in [2.75, 3.05) is 13.1 Å². The summed E-state index contributed by atoms with van der Waals surface area (Å²) in [4.78, 5) is 14.3. The monoisotopic (exact) mass is 251 g/mol. The fourth-order valence-corrected chi connectivity index (χ4v) is 3.64. The minimum Gasteiger partial charge on any atom is -0.335 e. The molecular weight excluding hydrogens is 226 g/mol. The summed E-state index contributed by atoms with van der Waals surface area (Å²) in [5.74, 6) is 0. The zero-order chi connectivity index (χ0) is 12.4. The van der Waals surface area contributed by atoms with Gasteiger partial charge in [0.25, 0.3) is 0 Å². The molecule has 2 bridgehead atoms. The Labute approximate surface area is 109 Å². The average molecular weight is 251 g/mol. The smallest absolute Gasteiger partial charge is 0.317 e. The Hall–Kier alpha value is -0.770. The van der Waals surface area contributed by atoms with Crippen LogP contribution in [-0.2, 0) is 0 Å². The van der Waals surface area contributed by atoms with Crippen LogP contribution in [-0.4, -0.2) is 42.1 Å². The molecule has 4 nitrogen and oxygen atoms in total. The van der Waals surface area contributed by atoms with Crippen molar-refractivity contribution < 1.29 is 4.79 Å². The molecule has 2 unspecified atom stereocenters. The minimum absolute atomic E-state index is 0.177. The van der Waals surface area contributed by atoms with Crippen LogP contribution in [0, 0.1) is 0 Å². The third-order valence-electron chi connectivity index (χ3n) is 4.74.